The molecule has 2 aromatic carbocycles. The van der Waals surface area contributed by atoms with Crippen molar-refractivity contribution in [1.82, 2.24) is 5.32 Å². The third-order valence-corrected chi connectivity index (χ3v) is 4.04. The number of fused-ring (bicyclic) bond motifs is 3. The van der Waals surface area contributed by atoms with Crippen molar-refractivity contribution in [2.24, 2.45) is 5.92 Å². The first-order valence-electron chi connectivity index (χ1n) is 7.79. The molecule has 1 aliphatic heterocycles. The zero-order chi connectivity index (χ0) is 17.4. The van der Waals surface area contributed by atoms with Crippen molar-refractivity contribution in [3.63, 3.8) is 0 Å². The van der Waals surface area contributed by atoms with Gasteiger partial charge in [-0.15, -0.1) is 0 Å². The largest absolute Gasteiger partial charge is 0.496 e. The van der Waals surface area contributed by atoms with Crippen LogP contribution in [0.2, 0.25) is 0 Å². The third kappa shape index (κ3) is 2.35. The van der Waals surface area contributed by atoms with Crippen LogP contribution in [0.15, 0.2) is 18.2 Å². The van der Waals surface area contributed by atoms with Crippen molar-refractivity contribution >= 4 is 28.3 Å². The highest BCUT2D eigenvalue weighted by molar-refractivity contribution is 6.30. The lowest BCUT2D eigenvalue weighted by Gasteiger charge is -2.19. The van der Waals surface area contributed by atoms with Gasteiger partial charge in [-0.05, 0) is 12.0 Å². The second-order valence-electron chi connectivity index (χ2n) is 6.10. The lowest BCUT2D eigenvalue weighted by Crippen LogP contribution is -2.20. The molecule has 24 heavy (non-hydrogen) atoms. The molecule has 0 unspecified atom stereocenters. The molecule has 0 bridgehead atoms. The summed E-state index contributed by atoms with van der Waals surface area (Å²) in [4.78, 5) is 24.7. The summed E-state index contributed by atoms with van der Waals surface area (Å²) in [5.74, 6) is 0.644. The Morgan fingerprint density at radius 3 is 2.42 bits per heavy atom. The number of methoxy groups -OCH3 is 2. The summed E-state index contributed by atoms with van der Waals surface area (Å²) in [7, 11) is 3.11. The summed E-state index contributed by atoms with van der Waals surface area (Å²) in [5, 5.41) is 6.96. The molecule has 126 valence electrons. The Morgan fingerprint density at radius 1 is 1.08 bits per heavy atom. The lowest BCUT2D eigenvalue weighted by atomic mass is 9.96. The average Bonchev–Trinajstić information content (AvgIpc) is 2.86. The van der Waals surface area contributed by atoms with Crippen LogP contribution in [0.3, 0.4) is 0 Å². The molecule has 0 atom stereocenters. The van der Waals surface area contributed by atoms with E-state index in [1.807, 2.05) is 0 Å². The Hall–Kier alpha value is -2.76. The summed E-state index contributed by atoms with van der Waals surface area (Å²) >= 11 is 0. The number of benzene rings is 2. The van der Waals surface area contributed by atoms with E-state index in [2.05, 4.69) is 24.5 Å². The number of ether oxygens (including phenoxy) is 2. The molecule has 1 heterocycles. The molecule has 6 heteroatoms. The van der Waals surface area contributed by atoms with E-state index in [9.17, 15) is 9.59 Å². The highest BCUT2D eigenvalue weighted by Gasteiger charge is 2.35. The van der Waals surface area contributed by atoms with Crippen molar-refractivity contribution in [3.8, 4) is 11.5 Å². The van der Waals surface area contributed by atoms with E-state index in [0.29, 0.717) is 51.5 Å². The fourth-order valence-corrected chi connectivity index (χ4v) is 3.01. The number of hydrogen-bond acceptors (Lipinski definition) is 5. The molecule has 3 rings (SSSR count). The number of imide groups is 1. The van der Waals surface area contributed by atoms with Crippen molar-refractivity contribution < 1.29 is 19.1 Å². The molecular weight excluding hydrogens is 308 g/mol. The van der Waals surface area contributed by atoms with E-state index in [-0.39, 0.29) is 0 Å². The van der Waals surface area contributed by atoms with Crippen LogP contribution < -0.4 is 20.1 Å². The maximum atomic E-state index is 12.3. The van der Waals surface area contributed by atoms with Gasteiger partial charge in [0.1, 0.15) is 5.75 Å². The van der Waals surface area contributed by atoms with Gasteiger partial charge in [-0.2, -0.15) is 0 Å². The van der Waals surface area contributed by atoms with Gasteiger partial charge in [0, 0.05) is 11.9 Å². The van der Waals surface area contributed by atoms with E-state index >= 15 is 0 Å². The smallest absolute Gasteiger partial charge is 0.261 e. The first-order valence-corrected chi connectivity index (χ1v) is 7.79. The molecule has 2 N–H and O–H groups in total. The molecule has 0 fully saturated rings. The summed E-state index contributed by atoms with van der Waals surface area (Å²) in [6.45, 7) is 4.77. The van der Waals surface area contributed by atoms with Crippen molar-refractivity contribution in [3.05, 3.63) is 29.3 Å². The molecule has 1 aliphatic rings. The fourth-order valence-electron chi connectivity index (χ4n) is 3.01. The molecule has 6 nitrogen and oxygen atoms in total. The van der Waals surface area contributed by atoms with Gasteiger partial charge in [-0.1, -0.05) is 26.0 Å². The minimum atomic E-state index is -0.413. The molecule has 0 saturated heterocycles. The Bertz CT molecular complexity index is 843. The predicted molar refractivity (Wildman–Crippen MR) is 92.2 cm³/mol. The van der Waals surface area contributed by atoms with Crippen LogP contribution in [0.25, 0.3) is 10.8 Å². The molecular formula is C18H20N2O4. The van der Waals surface area contributed by atoms with E-state index in [0.717, 1.165) is 0 Å². The van der Waals surface area contributed by atoms with Gasteiger partial charge >= 0.3 is 0 Å². The van der Waals surface area contributed by atoms with Gasteiger partial charge in [-0.3, -0.25) is 14.9 Å². The highest BCUT2D eigenvalue weighted by Crippen LogP contribution is 2.45. The van der Waals surface area contributed by atoms with Crippen LogP contribution in [0.4, 0.5) is 5.69 Å². The number of carbonyl (C=O) groups is 2. The zero-order valence-corrected chi connectivity index (χ0v) is 14.1. The van der Waals surface area contributed by atoms with E-state index < -0.39 is 11.8 Å². The Morgan fingerprint density at radius 2 is 1.79 bits per heavy atom. The molecule has 2 aromatic rings. The van der Waals surface area contributed by atoms with Crippen LogP contribution in [-0.4, -0.2) is 32.6 Å². The number of carbonyl (C=O) groups excluding carboxylic acids is 2. The highest BCUT2D eigenvalue weighted by atomic mass is 16.5. The average molecular weight is 328 g/mol. The van der Waals surface area contributed by atoms with Crippen molar-refractivity contribution in [1.29, 1.82) is 0 Å². The quantitative estimate of drug-likeness (QED) is 0.825. The minimum Gasteiger partial charge on any atom is -0.496 e. The summed E-state index contributed by atoms with van der Waals surface area (Å²) in [6.07, 6.45) is 0. The molecule has 2 amide bonds. The zero-order valence-electron chi connectivity index (χ0n) is 14.1. The number of hydrogen-bond donors (Lipinski definition) is 2. The van der Waals surface area contributed by atoms with Gasteiger partial charge in [-0.25, -0.2) is 0 Å². The SMILES string of the molecule is COc1cccc2c3c(c(NCC(C)C)c(OC)c12)C(=O)NC3=O. The van der Waals surface area contributed by atoms with E-state index in [1.54, 1.807) is 32.4 Å². The summed E-state index contributed by atoms with van der Waals surface area (Å²) in [6, 6.07) is 5.39. The maximum Gasteiger partial charge on any atom is 0.261 e. The van der Waals surface area contributed by atoms with Crippen LogP contribution >= 0.6 is 0 Å². The molecule has 0 saturated carbocycles. The van der Waals surface area contributed by atoms with Crippen molar-refractivity contribution in [2.45, 2.75) is 13.8 Å². The van der Waals surface area contributed by atoms with Gasteiger partial charge in [0.15, 0.2) is 5.75 Å². The van der Waals surface area contributed by atoms with Gasteiger partial charge in [0.25, 0.3) is 11.8 Å². The summed E-state index contributed by atoms with van der Waals surface area (Å²) < 4.78 is 11.1. The molecule has 0 radical (unpaired) electrons. The van der Waals surface area contributed by atoms with Crippen LogP contribution in [0.1, 0.15) is 34.6 Å². The Labute approximate surface area is 140 Å². The number of rotatable bonds is 5. The van der Waals surface area contributed by atoms with Crippen LogP contribution in [-0.2, 0) is 0 Å². The van der Waals surface area contributed by atoms with E-state index in [1.165, 1.54) is 0 Å². The van der Waals surface area contributed by atoms with Gasteiger partial charge in [0.2, 0.25) is 0 Å². The second kappa shape index (κ2) is 6.03. The van der Waals surface area contributed by atoms with E-state index in [4.69, 9.17) is 9.47 Å². The topological polar surface area (TPSA) is 76.7 Å². The fraction of sp³-hybridized carbons (Fsp3) is 0.333. The molecule has 0 spiro atoms. The van der Waals surface area contributed by atoms with Gasteiger partial charge < -0.3 is 14.8 Å². The Kier molecular flexibility index (Phi) is 4.05. The standard InChI is InChI=1S/C18H20N2O4/c1-9(2)8-19-15-14-13(17(21)20-18(14)22)10-6-5-7-11(23-3)12(10)16(15)24-4/h5-7,9,19H,8H2,1-4H3,(H,20,21,22). The van der Waals surface area contributed by atoms with Crippen molar-refractivity contribution in [2.75, 3.05) is 26.1 Å². The minimum absolute atomic E-state index is 0.332. The first kappa shape index (κ1) is 16.1. The normalized spacial score (nSPS) is 13.2. The Balaban J connectivity index is 2.41. The second-order valence-corrected chi connectivity index (χ2v) is 6.10. The number of anilines is 1. The van der Waals surface area contributed by atoms with Crippen LogP contribution in [0.5, 0.6) is 11.5 Å². The van der Waals surface area contributed by atoms with Gasteiger partial charge in [0.05, 0.1) is 36.4 Å². The third-order valence-electron chi connectivity index (χ3n) is 4.04. The summed E-state index contributed by atoms with van der Waals surface area (Å²) in [5.41, 5.74) is 1.22. The predicted octanol–water partition coefficient (Wildman–Crippen LogP) is 2.81. The first-order chi connectivity index (χ1) is 11.5. The molecule has 0 aliphatic carbocycles. The number of nitrogens with one attached hydrogen (secondary N) is 2. The maximum absolute atomic E-state index is 12.3. The molecule has 0 aromatic heterocycles. The van der Waals surface area contributed by atoms with Crippen LogP contribution in [0, 0.1) is 5.92 Å². The lowest BCUT2D eigenvalue weighted by molar-refractivity contribution is 0.0880. The monoisotopic (exact) mass is 328 g/mol. The number of amides is 2.